The number of hydrogen-bond acceptors (Lipinski definition) is 4. The highest BCUT2D eigenvalue weighted by molar-refractivity contribution is 5.93. The zero-order chi connectivity index (χ0) is 10.2. The van der Waals surface area contributed by atoms with E-state index in [0.717, 1.165) is 12.8 Å². The fourth-order valence-corrected chi connectivity index (χ4v) is 0.998. The second-order valence-electron chi connectivity index (χ2n) is 2.88. The topological polar surface area (TPSA) is 80.9 Å². The van der Waals surface area contributed by atoms with E-state index in [2.05, 4.69) is 15.5 Å². The number of carbonyl (C=O) groups excluding carboxylic acids is 1. The standard InChI is InChI=1S/C9H14N4O/c10-4-1-2-5-11-9(14)8-3-6-12-13-7-8/h3,6-7H,1-2,4-5,10H2,(H,11,14). The molecule has 0 bridgehead atoms. The average Bonchev–Trinajstić information content (AvgIpc) is 2.25. The van der Waals surface area contributed by atoms with E-state index in [1.807, 2.05) is 0 Å². The largest absolute Gasteiger partial charge is 0.352 e. The summed E-state index contributed by atoms with van der Waals surface area (Å²) in [5.74, 6) is -0.114. The molecule has 1 heterocycles. The zero-order valence-electron chi connectivity index (χ0n) is 7.94. The summed E-state index contributed by atoms with van der Waals surface area (Å²) in [4.78, 5) is 11.4. The number of aromatic nitrogens is 2. The molecule has 0 aromatic carbocycles. The maximum Gasteiger partial charge on any atom is 0.252 e. The van der Waals surface area contributed by atoms with Crippen molar-refractivity contribution in [3.63, 3.8) is 0 Å². The van der Waals surface area contributed by atoms with Gasteiger partial charge in [0.05, 0.1) is 18.0 Å². The van der Waals surface area contributed by atoms with Crippen molar-refractivity contribution in [2.24, 2.45) is 5.73 Å². The number of unbranched alkanes of at least 4 members (excludes halogenated alkanes) is 1. The molecule has 0 spiro atoms. The minimum Gasteiger partial charge on any atom is -0.352 e. The molecule has 0 aliphatic carbocycles. The first-order valence-corrected chi connectivity index (χ1v) is 4.59. The van der Waals surface area contributed by atoms with Crippen molar-refractivity contribution >= 4 is 5.91 Å². The molecule has 0 saturated carbocycles. The van der Waals surface area contributed by atoms with E-state index in [1.54, 1.807) is 6.07 Å². The summed E-state index contributed by atoms with van der Waals surface area (Å²) in [5.41, 5.74) is 5.86. The molecule has 1 rings (SSSR count). The molecule has 1 aromatic heterocycles. The Kier molecular flexibility index (Phi) is 4.57. The number of rotatable bonds is 5. The van der Waals surface area contributed by atoms with Gasteiger partial charge in [0.1, 0.15) is 0 Å². The number of nitrogens with two attached hydrogens (primary N) is 1. The lowest BCUT2D eigenvalue weighted by molar-refractivity contribution is 0.0952. The molecule has 0 fully saturated rings. The molecule has 1 amide bonds. The molecular weight excluding hydrogens is 180 g/mol. The monoisotopic (exact) mass is 194 g/mol. The molecule has 14 heavy (non-hydrogen) atoms. The van der Waals surface area contributed by atoms with Crippen LogP contribution in [0.2, 0.25) is 0 Å². The van der Waals surface area contributed by atoms with Gasteiger partial charge in [0.2, 0.25) is 0 Å². The third-order valence-corrected chi connectivity index (χ3v) is 1.76. The van der Waals surface area contributed by atoms with Crippen molar-refractivity contribution in [2.75, 3.05) is 13.1 Å². The highest BCUT2D eigenvalue weighted by Gasteiger charge is 2.03. The molecule has 0 aliphatic heterocycles. The Hall–Kier alpha value is -1.49. The number of hydrogen-bond donors (Lipinski definition) is 2. The van der Waals surface area contributed by atoms with E-state index in [1.165, 1.54) is 12.4 Å². The van der Waals surface area contributed by atoms with Gasteiger partial charge < -0.3 is 11.1 Å². The molecule has 3 N–H and O–H groups in total. The maximum atomic E-state index is 11.4. The third kappa shape index (κ3) is 3.49. The summed E-state index contributed by atoms with van der Waals surface area (Å²) in [6.45, 7) is 1.31. The zero-order valence-corrected chi connectivity index (χ0v) is 7.94. The Bertz CT molecular complexity index is 275. The van der Waals surface area contributed by atoms with Crippen LogP contribution in [0.5, 0.6) is 0 Å². The summed E-state index contributed by atoms with van der Waals surface area (Å²) in [7, 11) is 0. The van der Waals surface area contributed by atoms with Crippen molar-refractivity contribution in [1.29, 1.82) is 0 Å². The molecule has 0 saturated heterocycles. The maximum absolute atomic E-state index is 11.4. The quantitative estimate of drug-likeness (QED) is 0.644. The van der Waals surface area contributed by atoms with E-state index in [9.17, 15) is 4.79 Å². The Morgan fingerprint density at radius 1 is 1.43 bits per heavy atom. The lowest BCUT2D eigenvalue weighted by Gasteiger charge is -2.03. The summed E-state index contributed by atoms with van der Waals surface area (Å²) in [6.07, 6.45) is 4.77. The van der Waals surface area contributed by atoms with Gasteiger partial charge in [-0.05, 0) is 25.5 Å². The van der Waals surface area contributed by atoms with Gasteiger partial charge >= 0.3 is 0 Å². The van der Waals surface area contributed by atoms with Crippen LogP contribution < -0.4 is 11.1 Å². The van der Waals surface area contributed by atoms with Gasteiger partial charge in [-0.1, -0.05) is 0 Å². The summed E-state index contributed by atoms with van der Waals surface area (Å²) >= 11 is 0. The molecule has 0 unspecified atom stereocenters. The number of carbonyl (C=O) groups is 1. The summed E-state index contributed by atoms with van der Waals surface area (Å²) in [6, 6.07) is 1.63. The molecule has 1 aromatic rings. The van der Waals surface area contributed by atoms with Crippen LogP contribution in [0.3, 0.4) is 0 Å². The van der Waals surface area contributed by atoms with Gasteiger partial charge in [-0.25, -0.2) is 0 Å². The van der Waals surface area contributed by atoms with E-state index < -0.39 is 0 Å². The first kappa shape index (κ1) is 10.6. The van der Waals surface area contributed by atoms with Crippen LogP contribution in [0.1, 0.15) is 23.2 Å². The predicted molar refractivity (Wildman–Crippen MR) is 52.7 cm³/mol. The molecule has 5 heteroatoms. The molecular formula is C9H14N4O. The highest BCUT2D eigenvalue weighted by atomic mass is 16.1. The lowest BCUT2D eigenvalue weighted by atomic mass is 10.2. The normalized spacial score (nSPS) is 9.79. The fraction of sp³-hybridized carbons (Fsp3) is 0.444. The van der Waals surface area contributed by atoms with Crippen LogP contribution in [-0.4, -0.2) is 29.2 Å². The molecule has 0 atom stereocenters. The van der Waals surface area contributed by atoms with Crippen LogP contribution in [0.25, 0.3) is 0 Å². The molecule has 0 radical (unpaired) electrons. The van der Waals surface area contributed by atoms with E-state index >= 15 is 0 Å². The smallest absolute Gasteiger partial charge is 0.252 e. The van der Waals surface area contributed by atoms with Crippen molar-refractivity contribution in [2.45, 2.75) is 12.8 Å². The first-order valence-electron chi connectivity index (χ1n) is 4.59. The van der Waals surface area contributed by atoms with Crippen molar-refractivity contribution in [3.05, 3.63) is 24.0 Å². The van der Waals surface area contributed by atoms with Crippen LogP contribution in [0.4, 0.5) is 0 Å². The van der Waals surface area contributed by atoms with Crippen molar-refractivity contribution in [1.82, 2.24) is 15.5 Å². The van der Waals surface area contributed by atoms with Gasteiger partial charge in [0, 0.05) is 6.54 Å². The fourth-order valence-electron chi connectivity index (χ4n) is 0.998. The van der Waals surface area contributed by atoms with Crippen molar-refractivity contribution in [3.8, 4) is 0 Å². The van der Waals surface area contributed by atoms with Crippen LogP contribution in [0, 0.1) is 0 Å². The first-order chi connectivity index (χ1) is 6.84. The van der Waals surface area contributed by atoms with Crippen LogP contribution in [0.15, 0.2) is 18.5 Å². The average molecular weight is 194 g/mol. The van der Waals surface area contributed by atoms with Gasteiger partial charge in [0.25, 0.3) is 5.91 Å². The predicted octanol–water partition coefficient (Wildman–Crippen LogP) is -0.0547. The van der Waals surface area contributed by atoms with Gasteiger partial charge in [-0.2, -0.15) is 10.2 Å². The van der Waals surface area contributed by atoms with E-state index in [4.69, 9.17) is 5.73 Å². The van der Waals surface area contributed by atoms with E-state index in [0.29, 0.717) is 18.7 Å². The number of amides is 1. The van der Waals surface area contributed by atoms with Crippen molar-refractivity contribution < 1.29 is 4.79 Å². The number of nitrogens with zero attached hydrogens (tertiary/aromatic N) is 2. The molecule has 0 aliphatic rings. The Balaban J connectivity index is 2.29. The van der Waals surface area contributed by atoms with Gasteiger partial charge in [-0.3, -0.25) is 4.79 Å². The SMILES string of the molecule is NCCCCNC(=O)c1ccnnc1. The Morgan fingerprint density at radius 3 is 2.93 bits per heavy atom. The Labute approximate surface area is 82.7 Å². The van der Waals surface area contributed by atoms with E-state index in [-0.39, 0.29) is 5.91 Å². The number of nitrogens with one attached hydrogen (secondary N) is 1. The summed E-state index contributed by atoms with van der Waals surface area (Å²) in [5, 5.41) is 9.98. The molecule has 76 valence electrons. The molecule has 5 nitrogen and oxygen atoms in total. The van der Waals surface area contributed by atoms with Gasteiger partial charge in [0.15, 0.2) is 0 Å². The highest BCUT2D eigenvalue weighted by Crippen LogP contribution is 1.93. The second-order valence-corrected chi connectivity index (χ2v) is 2.88. The minimum absolute atomic E-state index is 0.114. The minimum atomic E-state index is -0.114. The third-order valence-electron chi connectivity index (χ3n) is 1.76. The summed E-state index contributed by atoms with van der Waals surface area (Å²) < 4.78 is 0. The van der Waals surface area contributed by atoms with Crippen LogP contribution in [-0.2, 0) is 0 Å². The van der Waals surface area contributed by atoms with Gasteiger partial charge in [-0.15, -0.1) is 0 Å². The second kappa shape index (κ2) is 6.04. The van der Waals surface area contributed by atoms with Crippen LogP contribution >= 0.6 is 0 Å². The Morgan fingerprint density at radius 2 is 2.29 bits per heavy atom. The lowest BCUT2D eigenvalue weighted by Crippen LogP contribution is -2.25.